The molecule has 2 amide bonds. The molecule has 2 heterocycles. The maximum Gasteiger partial charge on any atom is 0.320 e. The first-order chi connectivity index (χ1) is 12.6. The van der Waals surface area contributed by atoms with Crippen molar-refractivity contribution >= 4 is 11.6 Å². The highest BCUT2D eigenvalue weighted by Crippen LogP contribution is 2.27. The summed E-state index contributed by atoms with van der Waals surface area (Å²) >= 11 is 0. The van der Waals surface area contributed by atoms with E-state index in [2.05, 4.69) is 6.07 Å². The zero-order valence-electron chi connectivity index (χ0n) is 14.8. The number of rotatable bonds is 1. The highest BCUT2D eigenvalue weighted by Gasteiger charge is 2.27. The van der Waals surface area contributed by atoms with E-state index in [0.29, 0.717) is 51.0 Å². The van der Waals surface area contributed by atoms with E-state index in [9.17, 15) is 19.6 Å². The number of aliphatic hydroxyl groups is 1. The van der Waals surface area contributed by atoms with Gasteiger partial charge in [-0.05, 0) is 55.4 Å². The SMILES string of the molecule is N#CC(=C1CCN(C(=O)N2CCCC(O)CC2)CC1)c1ccc(F)cc1. The fourth-order valence-corrected chi connectivity index (χ4v) is 3.65. The van der Waals surface area contributed by atoms with Crippen LogP contribution in [0.4, 0.5) is 9.18 Å². The van der Waals surface area contributed by atoms with E-state index in [4.69, 9.17) is 0 Å². The van der Waals surface area contributed by atoms with Crippen molar-refractivity contribution in [3.63, 3.8) is 0 Å². The quantitative estimate of drug-likeness (QED) is 0.785. The number of benzene rings is 1. The van der Waals surface area contributed by atoms with E-state index in [-0.39, 0.29) is 18.0 Å². The van der Waals surface area contributed by atoms with Crippen molar-refractivity contribution in [1.29, 1.82) is 5.26 Å². The fourth-order valence-electron chi connectivity index (χ4n) is 3.65. The number of carbonyl (C=O) groups excluding carboxylic acids is 1. The summed E-state index contributed by atoms with van der Waals surface area (Å²) in [7, 11) is 0. The third kappa shape index (κ3) is 4.23. The molecule has 0 spiro atoms. The molecule has 1 atom stereocenters. The molecule has 26 heavy (non-hydrogen) atoms. The van der Waals surface area contributed by atoms with Crippen LogP contribution in [0.25, 0.3) is 5.57 Å². The van der Waals surface area contributed by atoms with Crippen molar-refractivity contribution in [2.24, 2.45) is 0 Å². The van der Waals surface area contributed by atoms with Crippen LogP contribution < -0.4 is 0 Å². The van der Waals surface area contributed by atoms with Crippen molar-refractivity contribution in [3.8, 4) is 6.07 Å². The van der Waals surface area contributed by atoms with Crippen molar-refractivity contribution in [2.75, 3.05) is 26.2 Å². The zero-order chi connectivity index (χ0) is 18.5. The Kier molecular flexibility index (Phi) is 5.89. The molecule has 2 aliphatic heterocycles. The molecule has 2 fully saturated rings. The molecular formula is C20H24FN3O2. The summed E-state index contributed by atoms with van der Waals surface area (Å²) in [5.74, 6) is -0.320. The Labute approximate surface area is 153 Å². The van der Waals surface area contributed by atoms with Crippen LogP contribution in [0, 0.1) is 17.1 Å². The third-order valence-electron chi connectivity index (χ3n) is 5.20. The van der Waals surface area contributed by atoms with Crippen LogP contribution in [0.5, 0.6) is 0 Å². The van der Waals surface area contributed by atoms with Gasteiger partial charge >= 0.3 is 6.03 Å². The topological polar surface area (TPSA) is 67.6 Å². The minimum atomic E-state index is -0.320. The Morgan fingerprint density at radius 3 is 2.38 bits per heavy atom. The van der Waals surface area contributed by atoms with E-state index < -0.39 is 0 Å². The van der Waals surface area contributed by atoms with E-state index in [0.717, 1.165) is 24.0 Å². The normalized spacial score (nSPS) is 21.1. The minimum Gasteiger partial charge on any atom is -0.393 e. The lowest BCUT2D eigenvalue weighted by molar-refractivity contribution is 0.141. The maximum absolute atomic E-state index is 13.1. The summed E-state index contributed by atoms with van der Waals surface area (Å²) in [6, 6.07) is 8.24. The molecule has 0 bridgehead atoms. The number of hydrogen-bond donors (Lipinski definition) is 1. The molecule has 2 saturated heterocycles. The van der Waals surface area contributed by atoms with E-state index in [1.807, 2.05) is 9.80 Å². The fraction of sp³-hybridized carbons (Fsp3) is 0.500. The number of likely N-dealkylation sites (tertiary alicyclic amines) is 2. The van der Waals surface area contributed by atoms with Crippen molar-refractivity contribution in [1.82, 2.24) is 9.80 Å². The molecule has 2 aliphatic rings. The predicted octanol–water partition coefficient (Wildman–Crippen LogP) is 3.17. The van der Waals surface area contributed by atoms with Gasteiger partial charge < -0.3 is 14.9 Å². The van der Waals surface area contributed by atoms with Crippen LogP contribution in [0.2, 0.25) is 0 Å². The van der Waals surface area contributed by atoms with Gasteiger partial charge in [-0.2, -0.15) is 5.26 Å². The molecule has 1 unspecified atom stereocenters. The number of hydrogen-bond acceptors (Lipinski definition) is 3. The van der Waals surface area contributed by atoms with Gasteiger partial charge in [0, 0.05) is 26.2 Å². The van der Waals surface area contributed by atoms with Gasteiger partial charge in [0.1, 0.15) is 5.82 Å². The summed E-state index contributed by atoms with van der Waals surface area (Å²) in [6.45, 7) is 2.45. The number of carbonyl (C=O) groups is 1. The average Bonchev–Trinajstić information content (AvgIpc) is 2.88. The molecule has 0 radical (unpaired) electrons. The molecule has 1 N–H and O–H groups in total. The van der Waals surface area contributed by atoms with Crippen molar-refractivity contribution in [3.05, 3.63) is 41.2 Å². The zero-order valence-corrected chi connectivity index (χ0v) is 14.8. The van der Waals surface area contributed by atoms with Crippen LogP contribution in [-0.4, -0.2) is 53.2 Å². The van der Waals surface area contributed by atoms with Crippen LogP contribution in [0.3, 0.4) is 0 Å². The molecule has 0 aliphatic carbocycles. The lowest BCUT2D eigenvalue weighted by Gasteiger charge is -2.33. The smallest absolute Gasteiger partial charge is 0.320 e. The first-order valence-corrected chi connectivity index (χ1v) is 9.18. The Morgan fingerprint density at radius 2 is 1.73 bits per heavy atom. The molecule has 0 aromatic heterocycles. The molecule has 1 aromatic carbocycles. The van der Waals surface area contributed by atoms with E-state index in [1.165, 1.54) is 12.1 Å². The number of amides is 2. The van der Waals surface area contributed by atoms with Gasteiger partial charge in [0.15, 0.2) is 0 Å². The Morgan fingerprint density at radius 1 is 1.08 bits per heavy atom. The van der Waals surface area contributed by atoms with Gasteiger partial charge in [-0.3, -0.25) is 0 Å². The Balaban J connectivity index is 1.65. The number of piperidine rings is 1. The standard InChI is InChI=1S/C20H24FN3O2/c21-17-5-3-15(4-6-17)19(14-22)16-7-11-24(12-8-16)20(26)23-10-1-2-18(25)9-13-23/h3-6,18,25H,1-2,7-13H2. The summed E-state index contributed by atoms with van der Waals surface area (Å²) in [5, 5.41) is 19.3. The van der Waals surface area contributed by atoms with Crippen LogP contribution in [0.15, 0.2) is 29.8 Å². The van der Waals surface area contributed by atoms with E-state index in [1.54, 1.807) is 12.1 Å². The summed E-state index contributed by atoms with van der Waals surface area (Å²) in [6.07, 6.45) is 3.21. The van der Waals surface area contributed by atoms with Crippen LogP contribution in [0.1, 0.15) is 37.7 Å². The number of halogens is 1. The van der Waals surface area contributed by atoms with E-state index >= 15 is 0 Å². The largest absolute Gasteiger partial charge is 0.393 e. The predicted molar refractivity (Wildman–Crippen MR) is 96.6 cm³/mol. The van der Waals surface area contributed by atoms with Crippen molar-refractivity contribution in [2.45, 2.75) is 38.2 Å². The molecule has 5 nitrogen and oxygen atoms in total. The van der Waals surface area contributed by atoms with Crippen molar-refractivity contribution < 1.29 is 14.3 Å². The molecule has 0 saturated carbocycles. The summed E-state index contributed by atoms with van der Waals surface area (Å²) < 4.78 is 13.1. The highest BCUT2D eigenvalue weighted by atomic mass is 19.1. The lowest BCUT2D eigenvalue weighted by atomic mass is 9.94. The van der Waals surface area contributed by atoms with Gasteiger partial charge in [-0.15, -0.1) is 0 Å². The second-order valence-corrected chi connectivity index (χ2v) is 6.94. The Hall–Kier alpha value is -2.39. The molecule has 138 valence electrons. The number of allylic oxidation sites excluding steroid dienone is 1. The van der Waals surface area contributed by atoms with Gasteiger partial charge in [-0.25, -0.2) is 9.18 Å². The minimum absolute atomic E-state index is 0.0263. The van der Waals surface area contributed by atoms with Gasteiger partial charge in [0.2, 0.25) is 0 Å². The number of aliphatic hydroxyl groups excluding tert-OH is 1. The molecule has 6 heteroatoms. The lowest BCUT2D eigenvalue weighted by Crippen LogP contribution is -2.46. The third-order valence-corrected chi connectivity index (χ3v) is 5.20. The van der Waals surface area contributed by atoms with Crippen LogP contribution in [-0.2, 0) is 0 Å². The molecular weight excluding hydrogens is 333 g/mol. The van der Waals surface area contributed by atoms with Gasteiger partial charge in [-0.1, -0.05) is 12.1 Å². The average molecular weight is 357 g/mol. The second-order valence-electron chi connectivity index (χ2n) is 6.94. The molecule has 3 rings (SSSR count). The Bertz CT molecular complexity index is 714. The second kappa shape index (κ2) is 8.33. The summed E-state index contributed by atoms with van der Waals surface area (Å²) in [4.78, 5) is 16.4. The monoisotopic (exact) mass is 357 g/mol. The number of nitrogens with zero attached hydrogens (tertiary/aromatic N) is 3. The first kappa shape index (κ1) is 18.4. The summed E-state index contributed by atoms with van der Waals surface area (Å²) in [5.41, 5.74) is 2.34. The molecule has 1 aromatic rings. The van der Waals surface area contributed by atoms with Gasteiger partial charge in [0.05, 0.1) is 17.7 Å². The maximum atomic E-state index is 13.1. The van der Waals surface area contributed by atoms with Gasteiger partial charge in [0.25, 0.3) is 0 Å². The first-order valence-electron chi connectivity index (χ1n) is 9.18. The number of urea groups is 1. The number of nitriles is 1. The highest BCUT2D eigenvalue weighted by molar-refractivity contribution is 5.80. The van der Waals surface area contributed by atoms with Crippen LogP contribution >= 0.6 is 0 Å².